The fourth-order valence-corrected chi connectivity index (χ4v) is 4.25. The predicted octanol–water partition coefficient (Wildman–Crippen LogP) is 7.05. The third-order valence-corrected chi connectivity index (χ3v) is 5.83. The summed E-state index contributed by atoms with van der Waals surface area (Å²) in [7, 11) is 0. The molecule has 0 aromatic heterocycles. The molecule has 142 valence electrons. The van der Waals surface area contributed by atoms with Crippen LogP contribution in [-0.4, -0.2) is 5.75 Å². The number of allylic oxidation sites excluding steroid dienone is 2. The minimum Gasteiger partial charge on any atom is -0.179 e. The van der Waals surface area contributed by atoms with Gasteiger partial charge in [0.15, 0.2) is 0 Å². The highest BCUT2D eigenvalue weighted by Gasteiger charge is 2.11. The van der Waals surface area contributed by atoms with Crippen molar-refractivity contribution in [3.63, 3.8) is 0 Å². The molecule has 3 aromatic carbocycles. The van der Waals surface area contributed by atoms with Crippen molar-refractivity contribution in [2.75, 3.05) is 5.75 Å². The summed E-state index contributed by atoms with van der Waals surface area (Å²) in [6.45, 7) is 4.00. The highest BCUT2D eigenvalue weighted by Crippen LogP contribution is 2.31. The van der Waals surface area contributed by atoms with Gasteiger partial charge >= 0.3 is 0 Å². The van der Waals surface area contributed by atoms with Crippen molar-refractivity contribution >= 4 is 40.2 Å². The number of benzene rings is 3. The van der Waals surface area contributed by atoms with Gasteiger partial charge in [-0.3, -0.25) is 0 Å². The number of unbranched alkanes of at least 4 members (excludes halogenated alkanes) is 3. The largest absolute Gasteiger partial charge is 0.179 e. The smallest absolute Gasteiger partial charge is 0.00300 e. The van der Waals surface area contributed by atoms with Crippen molar-refractivity contribution in [3.05, 3.63) is 64.9 Å². The van der Waals surface area contributed by atoms with Gasteiger partial charge in [-0.05, 0) is 89.6 Å². The lowest BCUT2D eigenvalue weighted by Crippen LogP contribution is -2.09. The summed E-state index contributed by atoms with van der Waals surface area (Å²) in [6.07, 6.45) is 15.1. The molecule has 1 aliphatic carbocycles. The van der Waals surface area contributed by atoms with E-state index in [2.05, 4.69) is 55.1 Å². The molecular weight excluding hydrogens is 344 g/mol. The van der Waals surface area contributed by atoms with Gasteiger partial charge in [-0.25, -0.2) is 0 Å². The van der Waals surface area contributed by atoms with Crippen molar-refractivity contribution in [3.8, 4) is 0 Å². The topological polar surface area (TPSA) is 0 Å². The van der Waals surface area contributed by atoms with Crippen LogP contribution in [0.25, 0.3) is 27.6 Å². The molecule has 0 nitrogen and oxygen atoms in total. The molecule has 0 fully saturated rings. The van der Waals surface area contributed by atoms with Gasteiger partial charge in [0.25, 0.3) is 0 Å². The predicted molar refractivity (Wildman–Crippen MR) is 126 cm³/mol. The third kappa shape index (κ3) is 4.76. The number of hydrogen-bond donors (Lipinski definition) is 1. The fraction of sp³-hybridized carbons (Fsp3) is 0.385. The molecule has 0 N–H and O–H groups in total. The van der Waals surface area contributed by atoms with Crippen LogP contribution in [-0.2, 0) is 12.8 Å². The normalized spacial score (nSPS) is 13.0. The van der Waals surface area contributed by atoms with Crippen LogP contribution in [0.3, 0.4) is 0 Å². The Morgan fingerprint density at radius 2 is 1.56 bits per heavy atom. The molecule has 0 aliphatic heterocycles. The van der Waals surface area contributed by atoms with E-state index < -0.39 is 0 Å². The van der Waals surface area contributed by atoms with Crippen LogP contribution < -0.4 is 5.22 Å². The molecule has 0 heterocycles. The summed E-state index contributed by atoms with van der Waals surface area (Å²) in [6, 6.07) is 14.2. The van der Waals surface area contributed by atoms with Crippen LogP contribution in [0.1, 0.15) is 57.1 Å². The molecule has 1 aliphatic rings. The molecule has 0 saturated heterocycles. The van der Waals surface area contributed by atoms with Crippen LogP contribution in [0.15, 0.2) is 48.6 Å². The Bertz CT molecular complexity index is 942. The first-order valence-corrected chi connectivity index (χ1v) is 11.1. The van der Waals surface area contributed by atoms with Gasteiger partial charge in [0, 0.05) is 0 Å². The molecule has 27 heavy (non-hydrogen) atoms. The zero-order chi connectivity index (χ0) is 19.1. The van der Waals surface area contributed by atoms with E-state index in [-0.39, 0.29) is 0 Å². The Kier molecular flexibility index (Phi) is 7.41. The average Bonchev–Trinajstić information content (AvgIpc) is 2.72. The second kappa shape index (κ2) is 9.99. The lowest BCUT2D eigenvalue weighted by atomic mass is 9.88. The standard InChI is InChI=1S/C22H24S.C4H8/c23-13-4-2-1-3-6-16-14-19-11-9-17-7-5-8-18-10-12-20(15-16)22(19)21(17)18;1-3-4-2/h7,9-12,14-15,23H,1-6,8,13H2;3-4H,1-2H3/b;4-3-. The fourth-order valence-electron chi connectivity index (χ4n) is 4.03. The first-order chi connectivity index (χ1) is 13.3. The minimum absolute atomic E-state index is 1.02. The molecule has 0 radical (unpaired) electrons. The van der Waals surface area contributed by atoms with Gasteiger partial charge < -0.3 is 0 Å². The Balaban J connectivity index is 0.000000481. The molecule has 4 rings (SSSR count). The molecule has 0 amide bonds. The molecule has 3 aromatic rings. The van der Waals surface area contributed by atoms with Crippen molar-refractivity contribution in [1.29, 1.82) is 0 Å². The average molecular weight is 377 g/mol. The van der Waals surface area contributed by atoms with Crippen LogP contribution in [0.2, 0.25) is 0 Å². The number of aryl methyl sites for hydroxylation is 2. The summed E-state index contributed by atoms with van der Waals surface area (Å²) in [5, 5.41) is 7.26. The summed E-state index contributed by atoms with van der Waals surface area (Å²) in [4.78, 5) is 0. The Morgan fingerprint density at radius 1 is 0.852 bits per heavy atom. The van der Waals surface area contributed by atoms with Gasteiger partial charge in [0.05, 0.1) is 0 Å². The summed E-state index contributed by atoms with van der Waals surface area (Å²) >= 11 is 4.29. The Hall–Kier alpha value is -1.73. The van der Waals surface area contributed by atoms with Gasteiger partial charge in [0.1, 0.15) is 0 Å². The molecule has 0 saturated carbocycles. The zero-order valence-corrected chi connectivity index (χ0v) is 17.7. The van der Waals surface area contributed by atoms with Crippen LogP contribution in [0.5, 0.6) is 0 Å². The van der Waals surface area contributed by atoms with E-state index in [0.717, 1.165) is 5.75 Å². The first-order valence-electron chi connectivity index (χ1n) is 10.4. The number of rotatable bonds is 6. The van der Waals surface area contributed by atoms with Crippen LogP contribution in [0, 0.1) is 0 Å². The van der Waals surface area contributed by atoms with E-state index in [0.29, 0.717) is 0 Å². The number of thiol groups is 1. The van der Waals surface area contributed by atoms with Crippen LogP contribution >= 0.6 is 12.6 Å². The van der Waals surface area contributed by atoms with Crippen molar-refractivity contribution in [1.82, 2.24) is 0 Å². The van der Waals surface area contributed by atoms with Gasteiger partial charge in [0.2, 0.25) is 0 Å². The van der Waals surface area contributed by atoms with Crippen molar-refractivity contribution in [2.24, 2.45) is 0 Å². The second-order valence-corrected chi connectivity index (χ2v) is 7.92. The maximum Gasteiger partial charge on any atom is -0.00300 e. The van der Waals surface area contributed by atoms with E-state index >= 15 is 0 Å². The van der Waals surface area contributed by atoms with E-state index in [1.54, 1.807) is 0 Å². The van der Waals surface area contributed by atoms with Gasteiger partial charge in [-0.1, -0.05) is 67.5 Å². The van der Waals surface area contributed by atoms with Crippen molar-refractivity contribution < 1.29 is 0 Å². The molecule has 0 atom stereocenters. The molecule has 0 unspecified atom stereocenters. The van der Waals surface area contributed by atoms with E-state index in [9.17, 15) is 0 Å². The number of hydrogen-bond acceptors (Lipinski definition) is 1. The second-order valence-electron chi connectivity index (χ2n) is 7.47. The zero-order valence-electron chi connectivity index (χ0n) is 16.8. The lowest BCUT2D eigenvalue weighted by Gasteiger charge is -2.16. The summed E-state index contributed by atoms with van der Waals surface area (Å²) in [5.41, 5.74) is 3.02. The third-order valence-electron chi connectivity index (χ3n) is 5.51. The molecule has 0 bridgehead atoms. The highest BCUT2D eigenvalue weighted by molar-refractivity contribution is 7.80. The maximum atomic E-state index is 4.29. The highest BCUT2D eigenvalue weighted by atomic mass is 32.1. The van der Waals surface area contributed by atoms with Gasteiger partial charge in [-0.15, -0.1) is 0 Å². The first kappa shape index (κ1) is 20.0. The lowest BCUT2D eigenvalue weighted by molar-refractivity contribution is 0.671. The van der Waals surface area contributed by atoms with E-state index in [1.165, 1.54) is 82.8 Å². The van der Waals surface area contributed by atoms with Crippen molar-refractivity contribution in [2.45, 2.75) is 58.8 Å². The van der Waals surface area contributed by atoms with E-state index in [4.69, 9.17) is 0 Å². The Morgan fingerprint density at radius 3 is 2.26 bits per heavy atom. The maximum absolute atomic E-state index is 4.29. The quantitative estimate of drug-likeness (QED) is 0.266. The monoisotopic (exact) mass is 376 g/mol. The summed E-state index contributed by atoms with van der Waals surface area (Å²) in [5.74, 6) is 1.02. The van der Waals surface area contributed by atoms with Crippen LogP contribution in [0.4, 0.5) is 0 Å². The van der Waals surface area contributed by atoms with E-state index in [1.807, 2.05) is 26.0 Å². The molecule has 1 heteroatoms. The minimum atomic E-state index is 1.02. The Labute approximate surface area is 169 Å². The SMILES string of the molecule is C/C=C\C.SCCCCCCc1cc2ccc3c4c(ccc(c1)c24)=CCC3. The van der Waals surface area contributed by atoms with Gasteiger partial charge in [-0.2, -0.15) is 12.6 Å². The molecule has 0 spiro atoms. The molecular formula is C26H32S. The summed E-state index contributed by atoms with van der Waals surface area (Å²) < 4.78 is 0.